The van der Waals surface area contributed by atoms with Gasteiger partial charge in [-0.2, -0.15) is 5.26 Å². The average Bonchev–Trinajstić information content (AvgIpc) is 3.14. The van der Waals surface area contributed by atoms with Gasteiger partial charge in [0.1, 0.15) is 6.04 Å². The summed E-state index contributed by atoms with van der Waals surface area (Å²) in [6.07, 6.45) is 0.815. The van der Waals surface area contributed by atoms with Crippen LogP contribution in [0.2, 0.25) is 0 Å². The summed E-state index contributed by atoms with van der Waals surface area (Å²) in [5, 5.41) is 17.6. The number of nitrogens with zero attached hydrogens (tertiary/aromatic N) is 5. The molecule has 1 atom stereocenters. The van der Waals surface area contributed by atoms with Crippen LogP contribution < -0.4 is 0 Å². The number of hydrogen-bond acceptors (Lipinski definition) is 4. The maximum absolute atomic E-state index is 12.9. The second-order valence-corrected chi connectivity index (χ2v) is 6.67. The number of fused-ring (bicyclic) bond motifs is 1. The molecule has 0 bridgehead atoms. The van der Waals surface area contributed by atoms with Gasteiger partial charge in [-0.15, -0.1) is 10.2 Å². The van der Waals surface area contributed by atoms with Crippen molar-refractivity contribution in [3.63, 3.8) is 0 Å². The van der Waals surface area contributed by atoms with Gasteiger partial charge in [0.25, 0.3) is 0 Å². The summed E-state index contributed by atoms with van der Waals surface area (Å²) in [5.41, 5.74) is 2.65. The standard InChI is InChI=1S/C21H19N5O/c1-15-21(27)25(12-11-16-5-3-2-4-6-16)14-19-23-24-20(26(15)19)18-9-7-17(13-22)8-10-18/h2-10,15H,11-12,14H2,1H3/t15-/m1/s1. The van der Waals surface area contributed by atoms with E-state index in [1.807, 2.05) is 46.7 Å². The Hall–Kier alpha value is -3.46. The first kappa shape index (κ1) is 17.0. The van der Waals surface area contributed by atoms with Crippen LogP contribution >= 0.6 is 0 Å². The van der Waals surface area contributed by atoms with Crippen molar-refractivity contribution in [3.8, 4) is 17.5 Å². The molecule has 1 amide bonds. The number of benzene rings is 2. The lowest BCUT2D eigenvalue weighted by molar-refractivity contribution is -0.136. The highest BCUT2D eigenvalue weighted by Crippen LogP contribution is 2.28. The monoisotopic (exact) mass is 357 g/mol. The van der Waals surface area contributed by atoms with Crippen molar-refractivity contribution in [2.45, 2.75) is 25.9 Å². The van der Waals surface area contributed by atoms with Crippen molar-refractivity contribution in [1.82, 2.24) is 19.7 Å². The van der Waals surface area contributed by atoms with Crippen molar-refractivity contribution in [2.24, 2.45) is 0 Å². The Kier molecular flexibility index (Phi) is 4.43. The lowest BCUT2D eigenvalue weighted by atomic mass is 10.1. The van der Waals surface area contributed by atoms with Crippen LogP contribution in [0.3, 0.4) is 0 Å². The van der Waals surface area contributed by atoms with Crippen LogP contribution in [-0.2, 0) is 17.8 Å². The van der Waals surface area contributed by atoms with Gasteiger partial charge in [0.05, 0.1) is 18.2 Å². The maximum atomic E-state index is 12.9. The van der Waals surface area contributed by atoms with E-state index >= 15 is 0 Å². The third-order valence-corrected chi connectivity index (χ3v) is 4.94. The van der Waals surface area contributed by atoms with E-state index in [4.69, 9.17) is 5.26 Å². The minimum atomic E-state index is -0.356. The second kappa shape index (κ2) is 7.04. The molecular formula is C21H19N5O. The van der Waals surface area contributed by atoms with Crippen LogP contribution in [0, 0.1) is 11.3 Å². The molecule has 6 nitrogen and oxygen atoms in total. The third-order valence-electron chi connectivity index (χ3n) is 4.94. The van der Waals surface area contributed by atoms with Gasteiger partial charge in [0.15, 0.2) is 11.6 Å². The van der Waals surface area contributed by atoms with E-state index in [-0.39, 0.29) is 11.9 Å². The van der Waals surface area contributed by atoms with Crippen LogP contribution in [0.4, 0.5) is 0 Å². The van der Waals surface area contributed by atoms with Crippen LogP contribution in [-0.4, -0.2) is 32.1 Å². The number of rotatable bonds is 4. The fourth-order valence-electron chi connectivity index (χ4n) is 3.45. The predicted octanol–water partition coefficient (Wildman–Crippen LogP) is 2.96. The van der Waals surface area contributed by atoms with Gasteiger partial charge in [-0.1, -0.05) is 30.3 Å². The van der Waals surface area contributed by atoms with Crippen molar-refractivity contribution in [3.05, 3.63) is 71.5 Å². The van der Waals surface area contributed by atoms with E-state index in [9.17, 15) is 4.79 Å². The first-order valence-corrected chi connectivity index (χ1v) is 8.94. The van der Waals surface area contributed by atoms with Crippen LogP contribution in [0.15, 0.2) is 54.6 Å². The predicted molar refractivity (Wildman–Crippen MR) is 100 cm³/mol. The Morgan fingerprint density at radius 3 is 2.56 bits per heavy atom. The number of carbonyl (C=O) groups is 1. The highest BCUT2D eigenvalue weighted by Gasteiger charge is 2.33. The van der Waals surface area contributed by atoms with Gasteiger partial charge >= 0.3 is 0 Å². The summed E-state index contributed by atoms with van der Waals surface area (Å²) >= 11 is 0. The fraction of sp³-hybridized carbons (Fsp3) is 0.238. The number of amides is 1. The molecule has 0 N–H and O–H groups in total. The zero-order valence-electron chi connectivity index (χ0n) is 15.0. The molecule has 0 saturated heterocycles. The average molecular weight is 357 g/mol. The maximum Gasteiger partial charge on any atom is 0.245 e. The Balaban J connectivity index is 1.57. The fourth-order valence-corrected chi connectivity index (χ4v) is 3.45. The highest BCUT2D eigenvalue weighted by molar-refractivity contribution is 5.82. The van der Waals surface area contributed by atoms with Crippen LogP contribution in [0.25, 0.3) is 11.4 Å². The molecule has 0 spiro atoms. The lowest BCUT2D eigenvalue weighted by Crippen LogP contribution is -2.42. The van der Waals surface area contributed by atoms with E-state index in [2.05, 4.69) is 28.4 Å². The first-order chi connectivity index (χ1) is 13.2. The van der Waals surface area contributed by atoms with Gasteiger partial charge in [0, 0.05) is 12.1 Å². The quantitative estimate of drug-likeness (QED) is 0.719. The second-order valence-electron chi connectivity index (χ2n) is 6.67. The Labute approximate surface area is 157 Å². The SMILES string of the molecule is C[C@@H]1C(=O)N(CCc2ccccc2)Cc2nnc(-c3ccc(C#N)cc3)n21. The van der Waals surface area contributed by atoms with Crippen molar-refractivity contribution in [2.75, 3.05) is 6.54 Å². The van der Waals surface area contributed by atoms with Gasteiger partial charge < -0.3 is 4.90 Å². The number of hydrogen-bond donors (Lipinski definition) is 0. The summed E-state index contributed by atoms with van der Waals surface area (Å²) in [4.78, 5) is 14.7. The van der Waals surface area contributed by atoms with Gasteiger partial charge in [-0.05, 0) is 43.2 Å². The topological polar surface area (TPSA) is 74.8 Å². The molecule has 4 rings (SSSR count). The summed E-state index contributed by atoms with van der Waals surface area (Å²) in [7, 11) is 0. The van der Waals surface area contributed by atoms with Crippen molar-refractivity contribution < 1.29 is 4.79 Å². The van der Waals surface area contributed by atoms with Gasteiger partial charge in [-0.3, -0.25) is 9.36 Å². The van der Waals surface area contributed by atoms with E-state index < -0.39 is 0 Å². The molecule has 1 aliphatic rings. The molecule has 134 valence electrons. The molecule has 6 heteroatoms. The Morgan fingerprint density at radius 2 is 1.85 bits per heavy atom. The smallest absolute Gasteiger partial charge is 0.245 e. The molecule has 27 heavy (non-hydrogen) atoms. The zero-order chi connectivity index (χ0) is 18.8. The Bertz CT molecular complexity index is 1000. The summed E-state index contributed by atoms with van der Waals surface area (Å²) < 4.78 is 1.91. The third kappa shape index (κ3) is 3.20. The molecule has 0 aliphatic carbocycles. The minimum absolute atomic E-state index is 0.0770. The first-order valence-electron chi connectivity index (χ1n) is 8.94. The molecule has 2 heterocycles. The number of nitriles is 1. The molecule has 0 saturated carbocycles. The zero-order valence-corrected chi connectivity index (χ0v) is 15.0. The molecule has 2 aromatic carbocycles. The Morgan fingerprint density at radius 1 is 1.11 bits per heavy atom. The minimum Gasteiger partial charge on any atom is -0.333 e. The van der Waals surface area contributed by atoms with Gasteiger partial charge in [0.2, 0.25) is 5.91 Å². The van der Waals surface area contributed by atoms with E-state index in [1.165, 1.54) is 5.56 Å². The molecule has 1 aliphatic heterocycles. The van der Waals surface area contributed by atoms with E-state index in [1.54, 1.807) is 12.1 Å². The molecule has 0 unspecified atom stereocenters. The lowest BCUT2D eigenvalue weighted by Gasteiger charge is -2.32. The molecule has 0 radical (unpaired) electrons. The number of carbonyl (C=O) groups excluding carboxylic acids is 1. The van der Waals surface area contributed by atoms with Gasteiger partial charge in [-0.25, -0.2) is 0 Å². The summed E-state index contributed by atoms with van der Waals surface area (Å²) in [6.45, 7) is 3.00. The number of aromatic nitrogens is 3. The largest absolute Gasteiger partial charge is 0.333 e. The normalized spacial score (nSPS) is 16.1. The molecule has 3 aromatic rings. The molecular weight excluding hydrogens is 338 g/mol. The van der Waals surface area contributed by atoms with E-state index in [0.717, 1.165) is 17.8 Å². The van der Waals surface area contributed by atoms with Crippen LogP contribution in [0.5, 0.6) is 0 Å². The highest BCUT2D eigenvalue weighted by atomic mass is 16.2. The summed E-state index contributed by atoms with van der Waals surface area (Å²) in [6, 6.07) is 19.1. The van der Waals surface area contributed by atoms with Crippen LogP contribution in [0.1, 0.15) is 29.9 Å². The molecule has 0 fully saturated rings. The van der Waals surface area contributed by atoms with E-state index in [0.29, 0.717) is 24.5 Å². The van der Waals surface area contributed by atoms with Crippen molar-refractivity contribution >= 4 is 5.91 Å². The van der Waals surface area contributed by atoms with Crippen molar-refractivity contribution in [1.29, 1.82) is 5.26 Å². The summed E-state index contributed by atoms with van der Waals surface area (Å²) in [5.74, 6) is 1.53. The molecule has 1 aromatic heterocycles.